The highest BCUT2D eigenvalue weighted by Gasteiger charge is 2.26. The Labute approximate surface area is 194 Å². The van der Waals surface area contributed by atoms with E-state index in [1.165, 1.54) is 12.1 Å². The van der Waals surface area contributed by atoms with Gasteiger partial charge in [0.2, 0.25) is 0 Å². The maximum Gasteiger partial charge on any atom is 0.257 e. The van der Waals surface area contributed by atoms with Crippen LogP contribution in [0, 0.1) is 5.92 Å². The molecule has 3 aromatic rings. The molecule has 2 aromatic carbocycles. The lowest BCUT2D eigenvalue weighted by molar-refractivity contribution is 0.0741. The molecule has 2 heterocycles. The van der Waals surface area contributed by atoms with Gasteiger partial charge >= 0.3 is 0 Å². The molecule has 0 aliphatic carbocycles. The van der Waals surface area contributed by atoms with E-state index in [1.807, 2.05) is 44.2 Å². The van der Waals surface area contributed by atoms with E-state index < -0.39 is 9.84 Å². The van der Waals surface area contributed by atoms with E-state index in [2.05, 4.69) is 11.0 Å². The van der Waals surface area contributed by atoms with Gasteiger partial charge in [-0.15, -0.1) is 0 Å². The summed E-state index contributed by atoms with van der Waals surface area (Å²) in [6.45, 7) is 6.80. The summed E-state index contributed by atoms with van der Waals surface area (Å²) in [5.41, 5.74) is 1.23. The second-order valence-electron chi connectivity index (χ2n) is 8.78. The third kappa shape index (κ3) is 5.27. The number of rotatable bonds is 6. The Balaban J connectivity index is 1.52. The van der Waals surface area contributed by atoms with E-state index >= 15 is 0 Å². The quantitative estimate of drug-likeness (QED) is 0.551. The number of piperazine rings is 1. The highest BCUT2D eigenvalue weighted by Crippen LogP contribution is 2.26. The number of hydrogen-bond donors (Lipinski definition) is 0. The average molecular weight is 468 g/mol. The van der Waals surface area contributed by atoms with Gasteiger partial charge < -0.3 is 14.5 Å². The van der Waals surface area contributed by atoms with Gasteiger partial charge in [-0.2, -0.15) is 0 Å². The number of aromatic nitrogens is 1. The molecule has 1 saturated heterocycles. The summed E-state index contributed by atoms with van der Waals surface area (Å²) in [7, 11) is -3.44. The zero-order chi connectivity index (χ0) is 23.6. The fourth-order valence-corrected chi connectivity index (χ4v) is 4.48. The molecule has 1 aliphatic rings. The van der Waals surface area contributed by atoms with Crippen LogP contribution in [0.3, 0.4) is 0 Å². The standard InChI is InChI=1S/C25H29N3O4S/c1-18(2)17-32-23-10-9-20(33(3,30)31)16-21(23)25(29)28-14-12-27(13-15-28)24-11-8-19-6-4-5-7-22(19)26-24/h4-11,16,18H,12-15,17H2,1-3H3. The van der Waals surface area contributed by atoms with Gasteiger partial charge in [0.1, 0.15) is 11.6 Å². The van der Waals surface area contributed by atoms with Gasteiger partial charge in [-0.05, 0) is 42.3 Å². The third-order valence-electron chi connectivity index (χ3n) is 5.66. The smallest absolute Gasteiger partial charge is 0.257 e. The summed E-state index contributed by atoms with van der Waals surface area (Å²) in [5, 5.41) is 1.09. The summed E-state index contributed by atoms with van der Waals surface area (Å²) in [4.78, 5) is 22.2. The van der Waals surface area contributed by atoms with Gasteiger partial charge in [0.25, 0.3) is 5.91 Å². The zero-order valence-corrected chi connectivity index (χ0v) is 20.0. The Bertz CT molecular complexity index is 1270. The second-order valence-corrected chi connectivity index (χ2v) is 10.8. The van der Waals surface area contributed by atoms with E-state index in [-0.39, 0.29) is 22.3 Å². The number of carbonyl (C=O) groups is 1. The van der Waals surface area contributed by atoms with Gasteiger partial charge in [-0.3, -0.25) is 4.79 Å². The zero-order valence-electron chi connectivity index (χ0n) is 19.2. The molecule has 0 saturated carbocycles. The number of carbonyl (C=O) groups excluding carboxylic acids is 1. The Morgan fingerprint density at radius 2 is 1.76 bits per heavy atom. The third-order valence-corrected chi connectivity index (χ3v) is 6.77. The maximum atomic E-state index is 13.4. The summed E-state index contributed by atoms with van der Waals surface area (Å²) in [5.74, 6) is 1.37. The second kappa shape index (κ2) is 9.39. The maximum absolute atomic E-state index is 13.4. The van der Waals surface area contributed by atoms with Crippen molar-refractivity contribution in [2.45, 2.75) is 18.7 Å². The van der Waals surface area contributed by atoms with Crippen LogP contribution in [0.2, 0.25) is 0 Å². The number of benzene rings is 2. The lowest BCUT2D eigenvalue weighted by atomic mass is 10.1. The number of amides is 1. The monoisotopic (exact) mass is 467 g/mol. The number of nitrogens with zero attached hydrogens (tertiary/aromatic N) is 3. The fraction of sp³-hybridized carbons (Fsp3) is 0.360. The van der Waals surface area contributed by atoms with Crippen molar-refractivity contribution in [3.05, 3.63) is 60.2 Å². The Morgan fingerprint density at radius 3 is 2.45 bits per heavy atom. The summed E-state index contributed by atoms with van der Waals surface area (Å²) >= 11 is 0. The van der Waals surface area contributed by atoms with Crippen LogP contribution in [0.1, 0.15) is 24.2 Å². The van der Waals surface area contributed by atoms with Crippen LogP contribution in [0.25, 0.3) is 10.9 Å². The van der Waals surface area contributed by atoms with Gasteiger partial charge in [-0.25, -0.2) is 13.4 Å². The van der Waals surface area contributed by atoms with Crippen molar-refractivity contribution in [3.63, 3.8) is 0 Å². The van der Waals surface area contributed by atoms with Gasteiger partial charge in [0, 0.05) is 37.8 Å². The molecule has 0 atom stereocenters. The van der Waals surface area contributed by atoms with Crippen molar-refractivity contribution < 1.29 is 17.9 Å². The van der Waals surface area contributed by atoms with E-state index in [4.69, 9.17) is 9.72 Å². The molecule has 1 amide bonds. The highest BCUT2D eigenvalue weighted by atomic mass is 32.2. The normalized spacial score (nSPS) is 14.7. The van der Waals surface area contributed by atoms with E-state index in [9.17, 15) is 13.2 Å². The Kier molecular flexibility index (Phi) is 6.56. The number of sulfone groups is 1. The lowest BCUT2D eigenvalue weighted by Crippen LogP contribution is -2.49. The van der Waals surface area contributed by atoms with E-state index in [0.717, 1.165) is 23.0 Å². The average Bonchev–Trinajstić information content (AvgIpc) is 2.81. The summed E-state index contributed by atoms with van der Waals surface area (Å²) in [6.07, 6.45) is 1.14. The molecule has 0 N–H and O–H groups in total. The summed E-state index contributed by atoms with van der Waals surface area (Å²) < 4.78 is 30.0. The number of fused-ring (bicyclic) bond motifs is 1. The molecule has 0 radical (unpaired) electrons. The van der Waals surface area contributed by atoms with Gasteiger partial charge in [0.15, 0.2) is 9.84 Å². The molecule has 7 nitrogen and oxygen atoms in total. The van der Waals surface area contributed by atoms with Crippen molar-refractivity contribution in [2.75, 3.05) is 43.9 Å². The molecule has 174 valence electrons. The van der Waals surface area contributed by atoms with Crippen molar-refractivity contribution in [2.24, 2.45) is 5.92 Å². The van der Waals surface area contributed by atoms with Crippen LogP contribution in [0.15, 0.2) is 59.5 Å². The number of hydrogen-bond acceptors (Lipinski definition) is 6. The minimum atomic E-state index is -3.44. The molecule has 1 aromatic heterocycles. The SMILES string of the molecule is CC(C)COc1ccc(S(C)(=O)=O)cc1C(=O)N1CCN(c2ccc3ccccc3n2)CC1. The molecule has 8 heteroatoms. The van der Waals surface area contributed by atoms with Crippen molar-refractivity contribution in [3.8, 4) is 5.75 Å². The van der Waals surface area contributed by atoms with Crippen LogP contribution in [-0.2, 0) is 9.84 Å². The van der Waals surface area contributed by atoms with E-state index in [0.29, 0.717) is 38.5 Å². The predicted molar refractivity (Wildman–Crippen MR) is 130 cm³/mol. The molecule has 33 heavy (non-hydrogen) atoms. The number of pyridine rings is 1. The topological polar surface area (TPSA) is 79.8 Å². The van der Waals surface area contributed by atoms with E-state index in [1.54, 1.807) is 11.0 Å². The molecular weight excluding hydrogens is 438 g/mol. The fourth-order valence-electron chi connectivity index (χ4n) is 3.83. The molecule has 0 bridgehead atoms. The predicted octanol–water partition coefficient (Wildman–Crippen LogP) is 3.64. The Morgan fingerprint density at radius 1 is 1.03 bits per heavy atom. The first-order valence-electron chi connectivity index (χ1n) is 11.1. The van der Waals surface area contributed by atoms with Crippen LogP contribution >= 0.6 is 0 Å². The van der Waals surface area contributed by atoms with Gasteiger partial charge in [0.05, 0.1) is 22.6 Å². The molecule has 1 aliphatic heterocycles. The highest BCUT2D eigenvalue weighted by molar-refractivity contribution is 7.90. The number of anilines is 1. The molecule has 1 fully saturated rings. The molecule has 4 rings (SSSR count). The number of ether oxygens (including phenoxy) is 1. The van der Waals surface area contributed by atoms with Crippen LogP contribution in [0.5, 0.6) is 5.75 Å². The van der Waals surface area contributed by atoms with Crippen molar-refractivity contribution in [1.29, 1.82) is 0 Å². The van der Waals surface area contributed by atoms with Crippen molar-refractivity contribution >= 4 is 32.5 Å². The van der Waals surface area contributed by atoms with Gasteiger partial charge in [-0.1, -0.05) is 32.0 Å². The lowest BCUT2D eigenvalue weighted by Gasteiger charge is -2.35. The molecular formula is C25H29N3O4S. The first kappa shape index (κ1) is 23.0. The van der Waals surface area contributed by atoms with Crippen LogP contribution in [-0.4, -0.2) is 63.3 Å². The number of para-hydroxylation sites is 1. The van der Waals surface area contributed by atoms with Crippen molar-refractivity contribution in [1.82, 2.24) is 9.88 Å². The first-order chi connectivity index (χ1) is 15.7. The molecule has 0 spiro atoms. The minimum Gasteiger partial charge on any atom is -0.492 e. The van der Waals surface area contributed by atoms with Crippen LogP contribution in [0.4, 0.5) is 5.82 Å². The van der Waals surface area contributed by atoms with Crippen LogP contribution < -0.4 is 9.64 Å². The minimum absolute atomic E-state index is 0.113. The molecule has 0 unspecified atom stereocenters. The summed E-state index contributed by atoms with van der Waals surface area (Å²) in [6, 6.07) is 16.6. The first-order valence-corrected chi connectivity index (χ1v) is 13.0. The Hall–Kier alpha value is -3.13. The largest absolute Gasteiger partial charge is 0.492 e.